The molecule has 9 nitrogen and oxygen atoms in total. The smallest absolute Gasteiger partial charge is 0.331 e. The molecule has 1 aliphatic heterocycles. The lowest BCUT2D eigenvalue weighted by Crippen LogP contribution is -2.35. The van der Waals surface area contributed by atoms with Crippen LogP contribution in [0.1, 0.15) is 33.9 Å². The van der Waals surface area contributed by atoms with Crippen molar-refractivity contribution in [1.29, 1.82) is 0 Å². The molecule has 0 aliphatic carbocycles. The van der Waals surface area contributed by atoms with Gasteiger partial charge in [0, 0.05) is 6.20 Å². The molecule has 1 saturated heterocycles. The zero-order valence-electron chi connectivity index (χ0n) is 16.2. The molecule has 5 atom stereocenters. The summed E-state index contributed by atoms with van der Waals surface area (Å²) in [4.78, 5) is 18.2. The van der Waals surface area contributed by atoms with Crippen molar-refractivity contribution in [3.8, 4) is 0 Å². The Kier molecular flexibility index (Phi) is 6.07. The molecule has 156 valence electrons. The molecule has 28 heavy (non-hydrogen) atoms. The van der Waals surface area contributed by atoms with Gasteiger partial charge in [0.2, 0.25) is 0 Å². The number of fused-ring (bicyclic) bond motifs is 1. The molecular weight excluding hydrogens is 390 g/mol. The number of anilines is 1. The number of alkyl halides is 1. The summed E-state index contributed by atoms with van der Waals surface area (Å²) in [5, 5.41) is 0.563. The summed E-state index contributed by atoms with van der Waals surface area (Å²) in [7, 11) is -4.03. The summed E-state index contributed by atoms with van der Waals surface area (Å²) in [5.74, 6) is 0.268. The van der Waals surface area contributed by atoms with E-state index in [0.717, 1.165) is 0 Å². The van der Waals surface area contributed by atoms with Crippen molar-refractivity contribution in [3.05, 3.63) is 18.6 Å². The Hall–Kier alpha value is -1.58. The van der Waals surface area contributed by atoms with Crippen molar-refractivity contribution in [2.45, 2.75) is 64.1 Å². The molecule has 3 heterocycles. The molecule has 2 aromatic heterocycles. The molecule has 3 N–H and O–H groups in total. The molecule has 1 unspecified atom stereocenters. The van der Waals surface area contributed by atoms with E-state index in [1.807, 2.05) is 13.8 Å². The Morgan fingerprint density at radius 2 is 2.11 bits per heavy atom. The van der Waals surface area contributed by atoms with Gasteiger partial charge in [-0.1, -0.05) is 13.8 Å². The summed E-state index contributed by atoms with van der Waals surface area (Å²) in [6.45, 7) is 6.77. The fourth-order valence-electron chi connectivity index (χ4n) is 2.96. The highest BCUT2D eigenvalue weighted by atomic mass is 31.2. The fraction of sp³-hybridized carbons (Fsp3) is 0.647. The molecule has 0 saturated carbocycles. The van der Waals surface area contributed by atoms with E-state index in [4.69, 9.17) is 19.7 Å². The normalized spacial score (nSPS) is 27.7. The highest BCUT2D eigenvalue weighted by molar-refractivity contribution is 7.53. The molecule has 3 rings (SSSR count). The quantitative estimate of drug-likeness (QED) is 0.661. The lowest BCUT2D eigenvalue weighted by atomic mass is 10.1. The Bertz CT molecular complexity index is 876. The molecule has 1 aliphatic rings. The maximum Gasteiger partial charge on any atom is 0.331 e. The fourth-order valence-corrected chi connectivity index (χ4v) is 3.80. The van der Waals surface area contributed by atoms with Crippen molar-refractivity contribution in [1.82, 2.24) is 14.5 Å². The van der Waals surface area contributed by atoms with Crippen LogP contribution in [0.4, 0.5) is 10.2 Å². The predicted molar refractivity (Wildman–Crippen MR) is 102 cm³/mol. The van der Waals surface area contributed by atoms with Gasteiger partial charge in [-0.25, -0.2) is 14.4 Å². The summed E-state index contributed by atoms with van der Waals surface area (Å²) in [5.41, 5.74) is 5.57. The minimum Gasteiger partial charge on any atom is -0.383 e. The predicted octanol–water partition coefficient (Wildman–Crippen LogP) is 2.65. The van der Waals surface area contributed by atoms with Gasteiger partial charge in [-0.15, -0.1) is 0 Å². The molecule has 11 heteroatoms. The number of nitrogens with zero attached hydrogens (tertiary/aromatic N) is 3. The van der Waals surface area contributed by atoms with E-state index in [0.29, 0.717) is 11.0 Å². The van der Waals surface area contributed by atoms with Crippen LogP contribution >= 0.6 is 7.60 Å². The van der Waals surface area contributed by atoms with E-state index in [1.54, 1.807) is 26.1 Å². The van der Waals surface area contributed by atoms with Crippen molar-refractivity contribution in [3.63, 3.8) is 0 Å². The largest absolute Gasteiger partial charge is 0.383 e. The highest BCUT2D eigenvalue weighted by Crippen LogP contribution is 2.52. The van der Waals surface area contributed by atoms with Crippen molar-refractivity contribution < 1.29 is 27.8 Å². The third-order valence-corrected chi connectivity index (χ3v) is 6.45. The second kappa shape index (κ2) is 8.04. The summed E-state index contributed by atoms with van der Waals surface area (Å²) < 4.78 is 46.0. The van der Waals surface area contributed by atoms with Crippen LogP contribution in [0, 0.1) is 0 Å². The van der Waals surface area contributed by atoms with Gasteiger partial charge in [0.25, 0.3) is 0 Å². The third kappa shape index (κ3) is 4.06. The number of rotatable bonds is 7. The molecule has 0 spiro atoms. The first-order chi connectivity index (χ1) is 13.1. The molecule has 0 radical (unpaired) electrons. The van der Waals surface area contributed by atoms with Gasteiger partial charge >= 0.3 is 7.60 Å². The monoisotopic (exact) mass is 416 g/mol. The van der Waals surface area contributed by atoms with Gasteiger partial charge < -0.3 is 24.7 Å². The van der Waals surface area contributed by atoms with Crippen LogP contribution in [0.2, 0.25) is 0 Å². The van der Waals surface area contributed by atoms with Gasteiger partial charge in [0.05, 0.1) is 23.8 Å². The topological polar surface area (TPSA) is 122 Å². The molecule has 1 fully saturated rings. The SMILES string of the molecule is CC(C)OC[C@H]1O[C@@H](n2ccc3c(N)ncnc32)[C@H](F)[C@@H]1OP(=O)(O)C(C)C. The van der Waals surface area contributed by atoms with Gasteiger partial charge in [-0.2, -0.15) is 0 Å². The van der Waals surface area contributed by atoms with Crippen molar-refractivity contribution in [2.75, 3.05) is 12.3 Å². The number of hydrogen-bond donors (Lipinski definition) is 2. The molecule has 0 amide bonds. The number of halogens is 1. The Labute approximate surface area is 162 Å². The zero-order chi connectivity index (χ0) is 20.6. The molecule has 0 aromatic carbocycles. The number of nitrogens with two attached hydrogens (primary N) is 1. The van der Waals surface area contributed by atoms with Crippen LogP contribution in [0.5, 0.6) is 0 Å². The number of aromatic nitrogens is 3. The van der Waals surface area contributed by atoms with Gasteiger partial charge in [0.1, 0.15) is 30.0 Å². The van der Waals surface area contributed by atoms with Crippen molar-refractivity contribution in [2.24, 2.45) is 0 Å². The Morgan fingerprint density at radius 1 is 1.39 bits per heavy atom. The average molecular weight is 416 g/mol. The number of ether oxygens (including phenoxy) is 2. The van der Waals surface area contributed by atoms with E-state index < -0.39 is 37.9 Å². The molecular formula is C17H26FN4O5P. The van der Waals surface area contributed by atoms with E-state index >= 15 is 4.39 Å². The van der Waals surface area contributed by atoms with Crippen LogP contribution in [-0.2, 0) is 18.6 Å². The van der Waals surface area contributed by atoms with Gasteiger partial charge in [-0.3, -0.25) is 9.09 Å². The third-order valence-electron chi connectivity index (χ3n) is 4.60. The number of hydrogen-bond acceptors (Lipinski definition) is 7. The number of nitrogen functional groups attached to an aromatic ring is 1. The maximum atomic E-state index is 15.4. The summed E-state index contributed by atoms with van der Waals surface area (Å²) >= 11 is 0. The lowest BCUT2D eigenvalue weighted by Gasteiger charge is -2.25. The first kappa shape index (κ1) is 21.1. The van der Waals surface area contributed by atoms with Gasteiger partial charge in [0.15, 0.2) is 12.4 Å². The van der Waals surface area contributed by atoms with E-state index in [2.05, 4.69) is 9.97 Å². The first-order valence-electron chi connectivity index (χ1n) is 9.10. The Balaban J connectivity index is 1.92. The van der Waals surface area contributed by atoms with Crippen LogP contribution in [0.15, 0.2) is 18.6 Å². The maximum absolute atomic E-state index is 15.4. The van der Waals surface area contributed by atoms with Crippen LogP contribution < -0.4 is 5.73 Å². The van der Waals surface area contributed by atoms with E-state index in [1.165, 1.54) is 10.9 Å². The van der Waals surface area contributed by atoms with Crippen LogP contribution in [0.25, 0.3) is 11.0 Å². The average Bonchev–Trinajstić information content (AvgIpc) is 3.16. The van der Waals surface area contributed by atoms with E-state index in [9.17, 15) is 9.46 Å². The Morgan fingerprint density at radius 3 is 2.75 bits per heavy atom. The second-order valence-corrected chi connectivity index (χ2v) is 9.71. The highest BCUT2D eigenvalue weighted by Gasteiger charge is 2.50. The summed E-state index contributed by atoms with van der Waals surface area (Å²) in [6, 6.07) is 1.67. The minimum absolute atomic E-state index is 0.0215. The van der Waals surface area contributed by atoms with Crippen LogP contribution in [-0.4, -0.2) is 56.2 Å². The first-order valence-corrected chi connectivity index (χ1v) is 10.8. The van der Waals surface area contributed by atoms with E-state index in [-0.39, 0.29) is 18.5 Å². The summed E-state index contributed by atoms with van der Waals surface area (Å²) in [6.07, 6.45) is -2.19. The molecule has 2 aromatic rings. The van der Waals surface area contributed by atoms with Crippen LogP contribution in [0.3, 0.4) is 0 Å². The van der Waals surface area contributed by atoms with Gasteiger partial charge in [-0.05, 0) is 19.9 Å². The second-order valence-electron chi connectivity index (χ2n) is 7.34. The minimum atomic E-state index is -4.03. The standard InChI is InChI=1S/C17H26FN4O5P/c1-9(2)25-7-12-14(27-28(23,24)10(3)4)13(18)17(26-12)22-6-5-11-15(19)20-8-21-16(11)22/h5-6,8-10,12-14,17H,7H2,1-4H3,(H,23,24)(H2,19,20,21)/t12-,13-,14-,17-/m1/s1. The zero-order valence-corrected chi connectivity index (χ0v) is 17.1. The lowest BCUT2D eigenvalue weighted by molar-refractivity contribution is -0.0718. The molecule has 0 bridgehead atoms. The van der Waals surface area contributed by atoms with Crippen molar-refractivity contribution >= 4 is 24.4 Å².